The molecule has 0 saturated heterocycles. The van der Waals surface area contributed by atoms with Gasteiger partial charge in [-0.2, -0.15) is 4.99 Å². The lowest BCUT2D eigenvalue weighted by Gasteiger charge is -2.29. The van der Waals surface area contributed by atoms with Crippen molar-refractivity contribution in [3.8, 4) is 0 Å². The fourth-order valence-electron chi connectivity index (χ4n) is 3.07. The maximum absolute atomic E-state index is 11.6. The van der Waals surface area contributed by atoms with E-state index < -0.39 is 6.03 Å². The quantitative estimate of drug-likeness (QED) is 0.469. The zero-order valence-corrected chi connectivity index (χ0v) is 15.4. The highest BCUT2D eigenvalue weighted by Gasteiger charge is 2.23. The van der Waals surface area contributed by atoms with Crippen molar-refractivity contribution >= 4 is 40.9 Å². The van der Waals surface area contributed by atoms with Gasteiger partial charge < -0.3 is 16.0 Å². The molecule has 0 aromatic heterocycles. The Labute approximate surface area is 153 Å². The Morgan fingerprint density at radius 1 is 1.25 bits per heavy atom. The van der Waals surface area contributed by atoms with E-state index in [0.717, 1.165) is 12.8 Å². The lowest BCUT2D eigenvalue weighted by Crippen LogP contribution is -2.42. The van der Waals surface area contributed by atoms with Gasteiger partial charge in [0.15, 0.2) is 0 Å². The molecule has 0 atom stereocenters. The number of anilines is 1. The molecule has 1 aromatic carbocycles. The number of nitrogens with two attached hydrogens (primary N) is 1. The van der Waals surface area contributed by atoms with Crippen LogP contribution >= 0.6 is 23.2 Å². The number of rotatable bonds is 3. The molecule has 2 rings (SSSR count). The minimum Gasteiger partial charge on any atom is -0.369 e. The van der Waals surface area contributed by atoms with Crippen molar-refractivity contribution in [3.05, 3.63) is 28.2 Å². The zero-order valence-electron chi connectivity index (χ0n) is 13.9. The first kappa shape index (κ1) is 18.9. The highest BCUT2D eigenvalue weighted by molar-refractivity contribution is 6.40. The SMILES string of the molecule is CNC(=O)N=C(N)N(CC1CCCCCC1)c1c(Cl)cccc1Cl. The molecule has 7 heteroatoms. The summed E-state index contributed by atoms with van der Waals surface area (Å²) in [5.41, 5.74) is 6.72. The summed E-state index contributed by atoms with van der Waals surface area (Å²) in [5, 5.41) is 3.43. The largest absolute Gasteiger partial charge is 0.369 e. The van der Waals surface area contributed by atoms with Crippen LogP contribution in [0.5, 0.6) is 0 Å². The summed E-state index contributed by atoms with van der Waals surface area (Å²) in [5.74, 6) is 0.576. The first-order chi connectivity index (χ1) is 11.5. The van der Waals surface area contributed by atoms with Gasteiger partial charge in [-0.3, -0.25) is 0 Å². The molecule has 1 aliphatic carbocycles. The molecular weight excluding hydrogens is 347 g/mol. The Bertz CT molecular complexity index is 578. The number of hydrogen-bond acceptors (Lipinski definition) is 1. The summed E-state index contributed by atoms with van der Waals surface area (Å²) in [4.78, 5) is 17.3. The summed E-state index contributed by atoms with van der Waals surface area (Å²) in [6.07, 6.45) is 7.22. The van der Waals surface area contributed by atoms with Crippen LogP contribution < -0.4 is 16.0 Å². The number of nitrogens with one attached hydrogen (secondary N) is 1. The molecule has 3 N–H and O–H groups in total. The molecule has 0 bridgehead atoms. The van der Waals surface area contributed by atoms with Crippen LogP contribution in [0.3, 0.4) is 0 Å². The minimum absolute atomic E-state index is 0.105. The number of aliphatic imine (C=N–C) groups is 1. The highest BCUT2D eigenvalue weighted by Crippen LogP contribution is 2.35. The van der Waals surface area contributed by atoms with Crippen molar-refractivity contribution in [2.45, 2.75) is 38.5 Å². The maximum atomic E-state index is 11.6. The van der Waals surface area contributed by atoms with Gasteiger partial charge in [-0.15, -0.1) is 0 Å². The predicted molar refractivity (Wildman–Crippen MR) is 101 cm³/mol. The van der Waals surface area contributed by atoms with Gasteiger partial charge in [0.2, 0.25) is 5.96 Å². The van der Waals surface area contributed by atoms with Crippen molar-refractivity contribution in [1.82, 2.24) is 5.32 Å². The van der Waals surface area contributed by atoms with E-state index in [4.69, 9.17) is 28.9 Å². The number of para-hydroxylation sites is 1. The van der Waals surface area contributed by atoms with Crippen molar-refractivity contribution in [1.29, 1.82) is 0 Å². The lowest BCUT2D eigenvalue weighted by atomic mass is 9.99. The fraction of sp³-hybridized carbons (Fsp3) is 0.529. The monoisotopic (exact) mass is 370 g/mol. The molecule has 0 aliphatic heterocycles. The second kappa shape index (κ2) is 9.14. The number of amides is 2. The average Bonchev–Trinajstić information content (AvgIpc) is 2.82. The van der Waals surface area contributed by atoms with Crippen molar-refractivity contribution in [2.24, 2.45) is 16.6 Å². The van der Waals surface area contributed by atoms with E-state index in [1.807, 2.05) is 0 Å². The average molecular weight is 371 g/mol. The second-order valence-electron chi connectivity index (χ2n) is 6.06. The van der Waals surface area contributed by atoms with E-state index in [1.165, 1.54) is 32.7 Å². The number of nitrogens with zero attached hydrogens (tertiary/aromatic N) is 2. The summed E-state index contributed by atoms with van der Waals surface area (Å²) in [6, 6.07) is 4.80. The minimum atomic E-state index is -0.499. The van der Waals surface area contributed by atoms with Crippen LogP contribution in [0.15, 0.2) is 23.2 Å². The topological polar surface area (TPSA) is 70.7 Å². The second-order valence-corrected chi connectivity index (χ2v) is 6.88. The van der Waals surface area contributed by atoms with E-state index in [2.05, 4.69) is 10.3 Å². The molecule has 1 aromatic rings. The molecule has 132 valence electrons. The van der Waals surface area contributed by atoms with Gasteiger partial charge in [0, 0.05) is 13.6 Å². The van der Waals surface area contributed by atoms with Crippen LogP contribution in [-0.4, -0.2) is 25.6 Å². The molecule has 0 radical (unpaired) electrons. The lowest BCUT2D eigenvalue weighted by molar-refractivity contribution is 0.251. The smallest absolute Gasteiger partial charge is 0.343 e. The molecule has 0 unspecified atom stereocenters. The van der Waals surface area contributed by atoms with Crippen molar-refractivity contribution < 1.29 is 4.79 Å². The number of halogens is 2. The van der Waals surface area contributed by atoms with E-state index in [9.17, 15) is 4.79 Å². The fourth-order valence-corrected chi connectivity index (χ4v) is 3.67. The molecule has 1 fully saturated rings. The number of carbonyl (C=O) groups excluding carboxylic acids is 1. The Balaban J connectivity index is 2.33. The third-order valence-electron chi connectivity index (χ3n) is 4.33. The van der Waals surface area contributed by atoms with Crippen LogP contribution in [0.1, 0.15) is 38.5 Å². The maximum Gasteiger partial charge on any atom is 0.343 e. The summed E-state index contributed by atoms with van der Waals surface area (Å²) in [6.45, 7) is 0.649. The molecule has 2 amide bonds. The first-order valence-electron chi connectivity index (χ1n) is 8.30. The summed E-state index contributed by atoms with van der Waals surface area (Å²) < 4.78 is 0. The van der Waals surface area contributed by atoms with Crippen LogP contribution in [0.25, 0.3) is 0 Å². The van der Waals surface area contributed by atoms with Crippen LogP contribution in [-0.2, 0) is 0 Å². The Morgan fingerprint density at radius 3 is 2.38 bits per heavy atom. The van der Waals surface area contributed by atoms with Gasteiger partial charge in [0.05, 0.1) is 15.7 Å². The Hall–Kier alpha value is -1.46. The number of benzene rings is 1. The Kier molecular flexibility index (Phi) is 7.18. The standard InChI is InChI=1S/C17H24Cl2N4O/c1-21-17(24)22-16(20)23(11-12-7-4-2-3-5-8-12)15-13(18)9-6-10-14(15)19/h6,9-10,12H,2-5,7-8,11H2,1H3,(H3,20,21,22,24). The molecule has 0 heterocycles. The third-order valence-corrected chi connectivity index (χ3v) is 4.94. The van der Waals surface area contributed by atoms with Gasteiger partial charge in [-0.25, -0.2) is 4.79 Å². The molecular formula is C17H24Cl2N4O. The van der Waals surface area contributed by atoms with Gasteiger partial charge >= 0.3 is 6.03 Å². The van der Waals surface area contributed by atoms with E-state index in [0.29, 0.717) is 28.2 Å². The van der Waals surface area contributed by atoms with Crippen molar-refractivity contribution in [2.75, 3.05) is 18.5 Å². The molecule has 5 nitrogen and oxygen atoms in total. The third kappa shape index (κ3) is 5.02. The van der Waals surface area contributed by atoms with E-state index in [1.54, 1.807) is 23.1 Å². The van der Waals surface area contributed by atoms with Crippen LogP contribution in [0.4, 0.5) is 10.5 Å². The molecule has 24 heavy (non-hydrogen) atoms. The first-order valence-corrected chi connectivity index (χ1v) is 9.06. The summed E-state index contributed by atoms with van der Waals surface area (Å²) in [7, 11) is 1.51. The van der Waals surface area contributed by atoms with E-state index in [-0.39, 0.29) is 5.96 Å². The van der Waals surface area contributed by atoms with Crippen LogP contribution in [0.2, 0.25) is 10.0 Å². The van der Waals surface area contributed by atoms with Gasteiger partial charge in [-0.05, 0) is 30.9 Å². The molecule has 1 saturated carbocycles. The van der Waals surface area contributed by atoms with Gasteiger partial charge in [-0.1, -0.05) is 55.0 Å². The molecule has 1 aliphatic rings. The van der Waals surface area contributed by atoms with Crippen LogP contribution in [0, 0.1) is 5.92 Å². The summed E-state index contributed by atoms with van der Waals surface area (Å²) >= 11 is 12.7. The Morgan fingerprint density at radius 2 is 1.83 bits per heavy atom. The number of urea groups is 1. The van der Waals surface area contributed by atoms with Crippen molar-refractivity contribution in [3.63, 3.8) is 0 Å². The number of guanidine groups is 1. The normalized spacial score (nSPS) is 16.5. The zero-order chi connectivity index (χ0) is 17.5. The number of carbonyl (C=O) groups is 1. The predicted octanol–water partition coefficient (Wildman–Crippen LogP) is 4.42. The van der Waals surface area contributed by atoms with E-state index >= 15 is 0 Å². The highest BCUT2D eigenvalue weighted by atomic mass is 35.5. The number of hydrogen-bond donors (Lipinski definition) is 2. The van der Waals surface area contributed by atoms with Gasteiger partial charge in [0.1, 0.15) is 0 Å². The molecule has 0 spiro atoms. The van der Waals surface area contributed by atoms with Gasteiger partial charge in [0.25, 0.3) is 0 Å².